The number of carbonyl (C=O) groups is 3. The van der Waals surface area contributed by atoms with Gasteiger partial charge in [0.05, 0.1) is 34.4 Å². The minimum absolute atomic E-state index is 0.177. The summed E-state index contributed by atoms with van der Waals surface area (Å²) in [6.45, 7) is 4.63. The van der Waals surface area contributed by atoms with Crippen LogP contribution in [0.4, 0.5) is 0 Å². The number of esters is 2. The molecular formula is C88H142NO8+. The summed E-state index contributed by atoms with van der Waals surface area (Å²) in [6, 6.07) is 0. The number of carboxylic acids is 1. The Kier molecular flexibility index (Phi) is 71.3. The number of hydrogen-bond donors (Lipinski definition) is 1. The minimum atomic E-state index is -1.53. The van der Waals surface area contributed by atoms with Crippen molar-refractivity contribution in [1.29, 1.82) is 0 Å². The standard InChI is InChI=1S/C88H141NO8/c1-6-8-10-12-14-16-18-20-22-24-26-28-30-32-34-36-38-40-42-43-45-47-49-51-53-55-57-59-61-63-65-67-69-71-73-75-77-79-86(91)97-84(83-96-88(87(92)93)94-81-80-89(3,4)5)82-95-85(90)78-76-74-72-70-68-66-64-62-60-58-56-54-52-50-48-46-44-41-39-37-35-33-31-29-27-25-23-21-19-17-15-13-11-9-7-2/h8-11,14-17,20-23,26-29,32-35,38-41,43,45-46,48-49,51,55,57,84,88H,6-7,12-13,18-19,24-25,30-31,36-37,42,44,47,50,52-54,56,58-83H2,1-5H3/p+1/b10-8-,11-9-,16-14-,17-15-,22-20-,23-21-,28-26-,29-27-,34-32-,35-33-,40-38-,41-39-,45-43-,48-46-,51-49-,57-55-. The smallest absolute Gasteiger partial charge is 0.361 e. The lowest BCUT2D eigenvalue weighted by atomic mass is 10.0. The summed E-state index contributed by atoms with van der Waals surface area (Å²) in [4.78, 5) is 37.7. The van der Waals surface area contributed by atoms with Crippen molar-refractivity contribution < 1.29 is 42.9 Å². The molecular weight excluding hydrogens is 1200 g/mol. The number of ether oxygens (including phenoxy) is 4. The van der Waals surface area contributed by atoms with Crippen molar-refractivity contribution in [3.8, 4) is 0 Å². The molecule has 2 atom stereocenters. The maximum atomic E-state index is 13.0. The largest absolute Gasteiger partial charge is 0.477 e. The first-order valence-electron chi connectivity index (χ1n) is 38.6. The van der Waals surface area contributed by atoms with Crippen LogP contribution in [0, 0.1) is 0 Å². The van der Waals surface area contributed by atoms with E-state index in [1.54, 1.807) is 0 Å². The lowest BCUT2D eigenvalue weighted by molar-refractivity contribution is -0.870. The van der Waals surface area contributed by atoms with Crippen molar-refractivity contribution >= 4 is 17.9 Å². The molecule has 0 aliphatic heterocycles. The molecule has 0 spiro atoms. The number of aliphatic carboxylic acids is 1. The zero-order chi connectivity index (χ0) is 70.4. The van der Waals surface area contributed by atoms with Crippen LogP contribution < -0.4 is 0 Å². The predicted molar refractivity (Wildman–Crippen MR) is 419 cm³/mol. The van der Waals surface area contributed by atoms with Gasteiger partial charge in [0.2, 0.25) is 0 Å². The van der Waals surface area contributed by atoms with Crippen LogP contribution in [0.15, 0.2) is 194 Å². The average molecular weight is 1340 g/mol. The summed E-state index contributed by atoms with van der Waals surface area (Å²) < 4.78 is 23.0. The summed E-state index contributed by atoms with van der Waals surface area (Å²) in [5, 5.41) is 9.77. The van der Waals surface area contributed by atoms with Gasteiger partial charge in [-0.1, -0.05) is 324 Å². The zero-order valence-electron chi connectivity index (χ0n) is 62.4. The van der Waals surface area contributed by atoms with Crippen LogP contribution in [0.2, 0.25) is 0 Å². The number of carbonyl (C=O) groups excluding carboxylic acids is 2. The fraction of sp³-hybridized carbons (Fsp3) is 0.602. The van der Waals surface area contributed by atoms with Crippen molar-refractivity contribution in [2.24, 2.45) is 0 Å². The second-order valence-corrected chi connectivity index (χ2v) is 26.2. The molecule has 9 nitrogen and oxygen atoms in total. The van der Waals surface area contributed by atoms with Crippen LogP contribution in [-0.2, 0) is 33.3 Å². The van der Waals surface area contributed by atoms with Gasteiger partial charge in [0.1, 0.15) is 13.2 Å². The summed E-state index contributed by atoms with van der Waals surface area (Å²) >= 11 is 0. The van der Waals surface area contributed by atoms with E-state index in [4.69, 9.17) is 18.9 Å². The third kappa shape index (κ3) is 77.4. The Hall–Kier alpha value is -5.87. The average Bonchev–Trinajstić information content (AvgIpc) is 3.11. The lowest BCUT2D eigenvalue weighted by Crippen LogP contribution is -2.40. The van der Waals surface area contributed by atoms with E-state index in [0.29, 0.717) is 17.4 Å². The highest BCUT2D eigenvalue weighted by Gasteiger charge is 2.25. The fourth-order valence-corrected chi connectivity index (χ4v) is 10.0. The van der Waals surface area contributed by atoms with Gasteiger partial charge < -0.3 is 28.5 Å². The normalized spacial score (nSPS) is 13.8. The van der Waals surface area contributed by atoms with Crippen molar-refractivity contribution in [2.45, 2.75) is 296 Å². The highest BCUT2D eigenvalue weighted by molar-refractivity contribution is 5.71. The lowest BCUT2D eigenvalue weighted by Gasteiger charge is -2.25. The van der Waals surface area contributed by atoms with E-state index in [2.05, 4.69) is 208 Å². The molecule has 0 amide bonds. The second-order valence-electron chi connectivity index (χ2n) is 26.2. The molecule has 9 heteroatoms. The van der Waals surface area contributed by atoms with Gasteiger partial charge in [0.25, 0.3) is 6.29 Å². The molecule has 0 bridgehead atoms. The third-order valence-electron chi connectivity index (χ3n) is 15.8. The number of unbranched alkanes of at least 4 members (excludes halogenated alkanes) is 22. The maximum absolute atomic E-state index is 13.0. The molecule has 0 saturated carbocycles. The van der Waals surface area contributed by atoms with Gasteiger partial charge >= 0.3 is 17.9 Å². The molecule has 0 aromatic rings. The van der Waals surface area contributed by atoms with Gasteiger partial charge in [-0.15, -0.1) is 0 Å². The Morgan fingerprint density at radius 2 is 0.557 bits per heavy atom. The molecule has 2 unspecified atom stereocenters. The molecule has 0 rings (SSSR count). The van der Waals surface area contributed by atoms with Crippen LogP contribution in [0.1, 0.15) is 284 Å². The summed E-state index contributed by atoms with van der Waals surface area (Å²) in [7, 11) is 5.97. The van der Waals surface area contributed by atoms with Gasteiger partial charge in [-0.05, 0) is 141 Å². The first-order valence-corrected chi connectivity index (χ1v) is 38.6. The molecule has 0 fully saturated rings. The van der Waals surface area contributed by atoms with Crippen LogP contribution in [0.25, 0.3) is 0 Å². The topological polar surface area (TPSA) is 108 Å². The van der Waals surface area contributed by atoms with Gasteiger partial charge in [-0.2, -0.15) is 0 Å². The Labute approximate surface area is 595 Å². The van der Waals surface area contributed by atoms with Crippen LogP contribution >= 0.6 is 0 Å². The number of likely N-dealkylation sites (N-methyl/N-ethyl adjacent to an activating group) is 1. The second kappa shape index (κ2) is 75.9. The first kappa shape index (κ1) is 91.1. The number of quaternary nitrogens is 1. The quantitative estimate of drug-likeness (QED) is 0.0211. The van der Waals surface area contributed by atoms with Gasteiger partial charge in [0.15, 0.2) is 6.10 Å². The van der Waals surface area contributed by atoms with Gasteiger partial charge in [0, 0.05) is 12.8 Å². The number of rotatable bonds is 69. The zero-order valence-corrected chi connectivity index (χ0v) is 62.4. The first-order chi connectivity index (χ1) is 47.6. The van der Waals surface area contributed by atoms with Gasteiger partial charge in [-0.25, -0.2) is 4.79 Å². The monoisotopic (exact) mass is 1340 g/mol. The Morgan fingerprint density at radius 1 is 0.309 bits per heavy atom. The summed E-state index contributed by atoms with van der Waals surface area (Å²) in [5.74, 6) is -2.03. The van der Waals surface area contributed by atoms with E-state index >= 15 is 0 Å². The number of carboxylic acid groups (broad SMARTS) is 1. The predicted octanol–water partition coefficient (Wildman–Crippen LogP) is 24.9. The van der Waals surface area contributed by atoms with E-state index in [-0.39, 0.29) is 38.6 Å². The van der Waals surface area contributed by atoms with Crippen LogP contribution in [-0.4, -0.2) is 87.4 Å². The molecule has 0 aromatic carbocycles. The van der Waals surface area contributed by atoms with Gasteiger partial charge in [-0.3, -0.25) is 9.59 Å². The maximum Gasteiger partial charge on any atom is 0.361 e. The van der Waals surface area contributed by atoms with Crippen molar-refractivity contribution in [1.82, 2.24) is 0 Å². The molecule has 546 valence electrons. The highest BCUT2D eigenvalue weighted by atomic mass is 16.7. The van der Waals surface area contributed by atoms with Crippen LogP contribution in [0.5, 0.6) is 0 Å². The summed E-state index contributed by atoms with van der Waals surface area (Å²) in [5.41, 5.74) is 0. The third-order valence-corrected chi connectivity index (χ3v) is 15.8. The molecule has 0 heterocycles. The Bertz CT molecular complexity index is 2310. The number of allylic oxidation sites excluding steroid dienone is 32. The van der Waals surface area contributed by atoms with Crippen molar-refractivity contribution in [3.63, 3.8) is 0 Å². The van der Waals surface area contributed by atoms with Crippen molar-refractivity contribution in [3.05, 3.63) is 194 Å². The van der Waals surface area contributed by atoms with E-state index in [1.165, 1.54) is 103 Å². The molecule has 0 aliphatic carbocycles. The molecule has 0 saturated heterocycles. The van der Waals surface area contributed by atoms with E-state index < -0.39 is 24.3 Å². The molecule has 0 aromatic heterocycles. The number of nitrogens with zero attached hydrogens (tertiary/aromatic N) is 1. The van der Waals surface area contributed by atoms with E-state index in [9.17, 15) is 19.5 Å². The SMILES string of the molecule is CC/C=C\C/C=C\C/C=C\C/C=C\C/C=C\C/C=C\C/C=C\C/C=C\C/C=C\CCCCCCCCCCCC(=O)OC(COC(=O)CCCCCCCCCCCCCCC/C=C\C/C=C\C/C=C\C/C=C\C/C=C\C/C=C\C/C=C\CC)COC(OCC[N+](C)(C)C)C(=O)O. The molecule has 0 aliphatic rings. The Morgan fingerprint density at radius 3 is 0.825 bits per heavy atom. The Balaban J connectivity index is 4.15. The fourth-order valence-electron chi connectivity index (χ4n) is 10.0. The highest BCUT2D eigenvalue weighted by Crippen LogP contribution is 2.16. The minimum Gasteiger partial charge on any atom is -0.477 e. The van der Waals surface area contributed by atoms with Crippen molar-refractivity contribution in [2.75, 3.05) is 47.5 Å². The summed E-state index contributed by atoms with van der Waals surface area (Å²) in [6.07, 6.45) is 114. The molecule has 1 N–H and O–H groups in total. The van der Waals surface area contributed by atoms with E-state index in [1.807, 2.05) is 21.1 Å². The van der Waals surface area contributed by atoms with E-state index in [0.717, 1.165) is 148 Å². The number of hydrogen-bond acceptors (Lipinski definition) is 7. The molecule has 0 radical (unpaired) electrons. The molecule has 97 heavy (non-hydrogen) atoms. The van der Waals surface area contributed by atoms with Crippen LogP contribution in [0.3, 0.4) is 0 Å².